The second kappa shape index (κ2) is 3.83. The molecule has 72 valence electrons. The van der Waals surface area contributed by atoms with Gasteiger partial charge in [0, 0.05) is 17.0 Å². The Hall–Kier alpha value is -0.960. The first-order valence-electron chi connectivity index (χ1n) is 3.94. The van der Waals surface area contributed by atoms with Crippen LogP contribution >= 0.6 is 11.6 Å². The van der Waals surface area contributed by atoms with Gasteiger partial charge in [0.15, 0.2) is 5.38 Å². The third kappa shape index (κ3) is 2.04. The summed E-state index contributed by atoms with van der Waals surface area (Å²) in [6, 6.07) is 1.85. The molecular formula is C9H12ClNO2. The van der Waals surface area contributed by atoms with Crippen molar-refractivity contribution >= 4 is 17.6 Å². The molecule has 0 spiro atoms. The van der Waals surface area contributed by atoms with Gasteiger partial charge in [-0.05, 0) is 19.9 Å². The number of nitrogens with one attached hydrogen (secondary N) is 1. The fraction of sp³-hybridized carbons (Fsp3) is 0.444. The van der Waals surface area contributed by atoms with Crippen molar-refractivity contribution in [3.05, 3.63) is 23.0 Å². The number of hydrogen-bond acceptors (Lipinski definition) is 2. The van der Waals surface area contributed by atoms with E-state index in [0.717, 1.165) is 17.0 Å². The van der Waals surface area contributed by atoms with Gasteiger partial charge in [-0.3, -0.25) is 4.79 Å². The maximum absolute atomic E-state index is 11.1. The van der Waals surface area contributed by atoms with Gasteiger partial charge in [-0.15, -0.1) is 11.6 Å². The van der Waals surface area contributed by atoms with Crippen LogP contribution in [0.4, 0.5) is 0 Å². The molecule has 0 aliphatic carbocycles. The second-order valence-electron chi connectivity index (χ2n) is 2.92. The Kier molecular flexibility index (Phi) is 2.98. The van der Waals surface area contributed by atoms with Crippen molar-refractivity contribution in [1.82, 2.24) is 4.98 Å². The number of hydrogen-bond donors (Lipinski definition) is 1. The van der Waals surface area contributed by atoms with Gasteiger partial charge in [0.05, 0.1) is 7.11 Å². The number of esters is 1. The van der Waals surface area contributed by atoms with Crippen molar-refractivity contribution in [3.8, 4) is 0 Å². The molecule has 1 heterocycles. The topological polar surface area (TPSA) is 42.1 Å². The zero-order valence-electron chi connectivity index (χ0n) is 7.85. The van der Waals surface area contributed by atoms with Crippen LogP contribution in [0.25, 0.3) is 0 Å². The number of carbonyl (C=O) groups is 1. The first-order valence-corrected chi connectivity index (χ1v) is 4.38. The number of alkyl halides is 1. The predicted molar refractivity (Wildman–Crippen MR) is 50.9 cm³/mol. The largest absolute Gasteiger partial charge is 0.468 e. The van der Waals surface area contributed by atoms with E-state index in [1.807, 2.05) is 19.9 Å². The highest BCUT2D eigenvalue weighted by Gasteiger charge is 2.21. The average molecular weight is 202 g/mol. The summed E-state index contributed by atoms with van der Waals surface area (Å²) < 4.78 is 4.55. The molecule has 1 N–H and O–H groups in total. The molecule has 0 fully saturated rings. The molecule has 1 unspecified atom stereocenters. The number of rotatable bonds is 2. The summed E-state index contributed by atoms with van der Waals surface area (Å²) in [6.45, 7) is 3.79. The van der Waals surface area contributed by atoms with Gasteiger partial charge in [0.1, 0.15) is 0 Å². The van der Waals surface area contributed by atoms with E-state index >= 15 is 0 Å². The molecule has 1 aromatic heterocycles. The van der Waals surface area contributed by atoms with Gasteiger partial charge in [-0.2, -0.15) is 0 Å². The molecule has 0 aliphatic rings. The first kappa shape index (κ1) is 10.1. The minimum absolute atomic E-state index is 0.427. The summed E-state index contributed by atoms with van der Waals surface area (Å²) in [7, 11) is 1.33. The summed E-state index contributed by atoms with van der Waals surface area (Å²) in [4.78, 5) is 14.2. The molecular weight excluding hydrogens is 190 g/mol. The molecule has 1 aromatic rings. The second-order valence-corrected chi connectivity index (χ2v) is 3.35. The van der Waals surface area contributed by atoms with E-state index in [2.05, 4.69) is 9.72 Å². The fourth-order valence-corrected chi connectivity index (χ4v) is 1.55. The Morgan fingerprint density at radius 1 is 1.62 bits per heavy atom. The van der Waals surface area contributed by atoms with E-state index in [4.69, 9.17) is 11.6 Å². The molecule has 13 heavy (non-hydrogen) atoms. The van der Waals surface area contributed by atoms with Crippen LogP contribution in [-0.4, -0.2) is 18.1 Å². The summed E-state index contributed by atoms with van der Waals surface area (Å²) in [5, 5.41) is -0.713. The van der Waals surface area contributed by atoms with Crippen molar-refractivity contribution in [1.29, 1.82) is 0 Å². The SMILES string of the molecule is COC(=O)C(Cl)c1cc(C)[nH]c1C. The van der Waals surface area contributed by atoms with Crippen molar-refractivity contribution in [2.75, 3.05) is 7.11 Å². The Morgan fingerprint density at radius 3 is 2.62 bits per heavy atom. The van der Waals surface area contributed by atoms with Crippen LogP contribution in [0.2, 0.25) is 0 Å². The molecule has 0 aliphatic heterocycles. The minimum Gasteiger partial charge on any atom is -0.468 e. The Labute approximate surface area is 82.0 Å². The highest BCUT2D eigenvalue weighted by molar-refractivity contribution is 6.30. The van der Waals surface area contributed by atoms with Crippen molar-refractivity contribution < 1.29 is 9.53 Å². The summed E-state index contributed by atoms with van der Waals surface area (Å²) in [5.74, 6) is -0.427. The molecule has 0 radical (unpaired) electrons. The summed E-state index contributed by atoms with van der Waals surface area (Å²) in [5.41, 5.74) is 2.68. The van der Waals surface area contributed by atoms with Gasteiger partial charge >= 0.3 is 5.97 Å². The third-order valence-electron chi connectivity index (χ3n) is 1.87. The van der Waals surface area contributed by atoms with Crippen LogP contribution in [0, 0.1) is 13.8 Å². The smallest absolute Gasteiger partial charge is 0.328 e. The number of aromatic amines is 1. The highest BCUT2D eigenvalue weighted by atomic mass is 35.5. The molecule has 0 saturated heterocycles. The number of H-pyrrole nitrogens is 1. The monoisotopic (exact) mass is 201 g/mol. The van der Waals surface area contributed by atoms with Gasteiger partial charge in [0.2, 0.25) is 0 Å². The van der Waals surface area contributed by atoms with Gasteiger partial charge < -0.3 is 9.72 Å². The lowest BCUT2D eigenvalue weighted by Gasteiger charge is -2.05. The van der Waals surface area contributed by atoms with E-state index in [-0.39, 0.29) is 0 Å². The van der Waals surface area contributed by atoms with Crippen LogP contribution in [0.3, 0.4) is 0 Å². The maximum Gasteiger partial charge on any atom is 0.328 e. The standard InChI is InChI=1S/C9H12ClNO2/c1-5-4-7(6(2)11-5)8(10)9(12)13-3/h4,8,11H,1-3H3. The molecule has 1 atom stereocenters. The maximum atomic E-state index is 11.1. The van der Waals surface area contributed by atoms with Crippen molar-refractivity contribution in [2.24, 2.45) is 0 Å². The number of methoxy groups -OCH3 is 1. The lowest BCUT2D eigenvalue weighted by Crippen LogP contribution is -2.08. The van der Waals surface area contributed by atoms with Crippen LogP contribution < -0.4 is 0 Å². The van der Waals surface area contributed by atoms with Crippen LogP contribution in [-0.2, 0) is 9.53 Å². The quantitative estimate of drug-likeness (QED) is 0.588. The third-order valence-corrected chi connectivity index (χ3v) is 2.28. The number of halogens is 1. The average Bonchev–Trinajstić information content (AvgIpc) is 2.42. The predicted octanol–water partition coefficient (Wildman–Crippen LogP) is 2.08. The highest BCUT2D eigenvalue weighted by Crippen LogP contribution is 2.25. The lowest BCUT2D eigenvalue weighted by atomic mass is 10.2. The van der Waals surface area contributed by atoms with Gasteiger partial charge in [-0.1, -0.05) is 0 Å². The van der Waals surface area contributed by atoms with E-state index in [9.17, 15) is 4.79 Å². The summed E-state index contributed by atoms with van der Waals surface area (Å²) >= 11 is 5.88. The minimum atomic E-state index is -0.713. The van der Waals surface area contributed by atoms with Gasteiger partial charge in [0.25, 0.3) is 0 Å². The normalized spacial score (nSPS) is 12.6. The zero-order chi connectivity index (χ0) is 10.0. The number of ether oxygens (including phenoxy) is 1. The molecule has 0 aromatic carbocycles. The Bertz CT molecular complexity index is 319. The molecule has 3 nitrogen and oxygen atoms in total. The number of aromatic nitrogens is 1. The summed E-state index contributed by atoms with van der Waals surface area (Å²) in [6.07, 6.45) is 0. The molecule has 0 bridgehead atoms. The van der Waals surface area contributed by atoms with E-state index in [1.165, 1.54) is 7.11 Å². The molecule has 0 saturated carbocycles. The Balaban J connectivity index is 2.94. The Morgan fingerprint density at radius 2 is 2.23 bits per heavy atom. The number of aryl methyl sites for hydroxylation is 2. The van der Waals surface area contributed by atoms with Crippen molar-refractivity contribution in [3.63, 3.8) is 0 Å². The van der Waals surface area contributed by atoms with Crippen LogP contribution in [0.1, 0.15) is 22.3 Å². The molecule has 1 rings (SSSR count). The van der Waals surface area contributed by atoms with E-state index in [1.54, 1.807) is 0 Å². The fourth-order valence-electron chi connectivity index (χ4n) is 1.24. The first-order chi connectivity index (χ1) is 6.06. The molecule has 4 heteroatoms. The van der Waals surface area contributed by atoms with E-state index < -0.39 is 11.3 Å². The zero-order valence-corrected chi connectivity index (χ0v) is 8.61. The van der Waals surface area contributed by atoms with Crippen LogP contribution in [0.5, 0.6) is 0 Å². The van der Waals surface area contributed by atoms with Crippen molar-refractivity contribution in [2.45, 2.75) is 19.2 Å². The lowest BCUT2D eigenvalue weighted by molar-refractivity contribution is -0.140. The van der Waals surface area contributed by atoms with Crippen LogP contribution in [0.15, 0.2) is 6.07 Å². The number of carbonyl (C=O) groups excluding carboxylic acids is 1. The van der Waals surface area contributed by atoms with E-state index in [0.29, 0.717) is 0 Å². The molecule has 0 amide bonds. The van der Waals surface area contributed by atoms with Gasteiger partial charge in [-0.25, -0.2) is 0 Å².